The summed E-state index contributed by atoms with van der Waals surface area (Å²) in [5, 5.41) is 3.53. The zero-order valence-electron chi connectivity index (χ0n) is 11.8. The Morgan fingerprint density at radius 3 is 2.80 bits per heavy atom. The Morgan fingerprint density at radius 2 is 2.10 bits per heavy atom. The molecule has 6 heteroatoms. The molecule has 2 rings (SSSR count). The Kier molecular flexibility index (Phi) is 3.93. The van der Waals surface area contributed by atoms with Crippen LogP contribution in [0.5, 0.6) is 0 Å². The van der Waals surface area contributed by atoms with Gasteiger partial charge in [-0.05, 0) is 26.0 Å². The summed E-state index contributed by atoms with van der Waals surface area (Å²) in [5.41, 5.74) is 8.54. The van der Waals surface area contributed by atoms with Crippen molar-refractivity contribution in [3.63, 3.8) is 0 Å². The fourth-order valence-corrected chi connectivity index (χ4v) is 1.84. The summed E-state index contributed by atoms with van der Waals surface area (Å²) in [6.07, 6.45) is 0.360. The molecule has 1 amide bonds. The van der Waals surface area contributed by atoms with E-state index in [9.17, 15) is 4.79 Å². The molecule has 0 spiro atoms. The van der Waals surface area contributed by atoms with E-state index in [2.05, 4.69) is 20.3 Å². The number of hydrogen-bond donors (Lipinski definition) is 3. The van der Waals surface area contributed by atoms with Crippen LogP contribution in [-0.4, -0.2) is 21.8 Å². The topological polar surface area (TPSA) is 94.9 Å². The molecule has 6 nitrogen and oxygen atoms in total. The van der Waals surface area contributed by atoms with Crippen LogP contribution in [0.25, 0.3) is 10.9 Å². The van der Waals surface area contributed by atoms with Crippen molar-refractivity contribution >= 4 is 28.7 Å². The molecule has 1 heterocycles. The number of hydrogen-bond acceptors (Lipinski definition) is 3. The van der Waals surface area contributed by atoms with Crippen molar-refractivity contribution in [3.8, 4) is 0 Å². The van der Waals surface area contributed by atoms with Gasteiger partial charge in [-0.15, -0.1) is 9.97 Å². The number of guanidine groups is 1. The van der Waals surface area contributed by atoms with E-state index in [0.717, 1.165) is 22.2 Å². The highest BCUT2D eigenvalue weighted by atomic mass is 16.1. The highest BCUT2D eigenvalue weighted by Gasteiger charge is 2.10. The lowest BCUT2D eigenvalue weighted by atomic mass is 10.1. The van der Waals surface area contributed by atoms with E-state index in [4.69, 9.17) is 5.73 Å². The quantitative estimate of drug-likeness (QED) is 0.521. The Hall–Kier alpha value is -2.50. The number of nitrogens with one attached hydrogen (secondary N) is 2. The smallest absolute Gasteiger partial charge is 0.322 e. The van der Waals surface area contributed by atoms with E-state index in [1.807, 2.05) is 32.0 Å². The molecule has 2 aromatic rings. The summed E-state index contributed by atoms with van der Waals surface area (Å²) >= 11 is 0. The van der Waals surface area contributed by atoms with Gasteiger partial charge in [-0.3, -0.25) is 4.79 Å². The van der Waals surface area contributed by atoms with Crippen LogP contribution in [0.4, 0.5) is 5.95 Å². The average molecular weight is 272 g/mol. The lowest BCUT2D eigenvalue weighted by Gasteiger charge is -2.01. The van der Waals surface area contributed by atoms with Crippen molar-refractivity contribution in [2.45, 2.75) is 27.2 Å². The minimum absolute atomic E-state index is 0.128. The Labute approximate surface area is 117 Å². The molecule has 0 aliphatic rings. The van der Waals surface area contributed by atoms with Crippen molar-refractivity contribution in [2.24, 2.45) is 5.73 Å². The van der Waals surface area contributed by atoms with Gasteiger partial charge in [-0.1, -0.05) is 18.6 Å². The molecule has 0 bridgehead atoms. The lowest BCUT2D eigenvalue weighted by Crippen LogP contribution is -2.75. The first-order chi connectivity index (χ1) is 9.49. The summed E-state index contributed by atoms with van der Waals surface area (Å²) in [7, 11) is 0. The maximum absolute atomic E-state index is 11.2. The zero-order valence-corrected chi connectivity index (χ0v) is 11.8. The SMILES string of the molecule is CCC(=O)N/C(N)=[NH+]/c1nc(C)c2cc(C)ccc2n1. The number of carbonyl (C=O) groups is 1. The molecule has 0 fully saturated rings. The number of nitrogens with zero attached hydrogens (tertiary/aromatic N) is 2. The molecule has 0 saturated carbocycles. The molecule has 0 atom stereocenters. The van der Waals surface area contributed by atoms with Crippen LogP contribution in [0.15, 0.2) is 18.2 Å². The summed E-state index contributed by atoms with van der Waals surface area (Å²) < 4.78 is 0. The zero-order chi connectivity index (χ0) is 14.7. The van der Waals surface area contributed by atoms with E-state index in [1.165, 1.54) is 0 Å². The average Bonchev–Trinajstić information content (AvgIpc) is 2.39. The summed E-state index contributed by atoms with van der Waals surface area (Å²) in [5.74, 6) is 0.332. The second kappa shape index (κ2) is 5.64. The first-order valence-corrected chi connectivity index (χ1v) is 6.44. The third-order valence-electron chi connectivity index (χ3n) is 2.88. The molecule has 0 aliphatic heterocycles. The van der Waals surface area contributed by atoms with E-state index in [0.29, 0.717) is 12.4 Å². The molecule has 1 aromatic heterocycles. The monoisotopic (exact) mass is 272 g/mol. The molecule has 0 saturated heterocycles. The van der Waals surface area contributed by atoms with Gasteiger partial charge in [0.05, 0.1) is 5.69 Å². The fraction of sp³-hybridized carbons (Fsp3) is 0.286. The predicted octanol–water partition coefficient (Wildman–Crippen LogP) is -0.200. The predicted molar refractivity (Wildman–Crippen MR) is 77.3 cm³/mol. The minimum atomic E-state index is -0.164. The van der Waals surface area contributed by atoms with Crippen LogP contribution >= 0.6 is 0 Å². The molecule has 4 N–H and O–H groups in total. The van der Waals surface area contributed by atoms with Crippen LogP contribution in [0.3, 0.4) is 0 Å². The molecule has 0 unspecified atom stereocenters. The number of fused-ring (bicyclic) bond motifs is 1. The Bertz CT molecular complexity index is 693. The summed E-state index contributed by atoms with van der Waals surface area (Å²) in [4.78, 5) is 22.7. The maximum atomic E-state index is 11.2. The third-order valence-corrected chi connectivity index (χ3v) is 2.88. The second-order valence-electron chi connectivity index (χ2n) is 4.59. The van der Waals surface area contributed by atoms with E-state index in [1.54, 1.807) is 6.92 Å². The van der Waals surface area contributed by atoms with Gasteiger partial charge >= 0.3 is 5.95 Å². The van der Waals surface area contributed by atoms with Gasteiger partial charge in [-0.2, -0.15) is 0 Å². The molecular formula is C14H18N5O+. The highest BCUT2D eigenvalue weighted by Crippen LogP contribution is 2.16. The van der Waals surface area contributed by atoms with Crippen LogP contribution in [0.2, 0.25) is 0 Å². The van der Waals surface area contributed by atoms with Gasteiger partial charge in [0.2, 0.25) is 0 Å². The van der Waals surface area contributed by atoms with Crippen LogP contribution in [0.1, 0.15) is 24.6 Å². The minimum Gasteiger partial charge on any atom is -0.322 e. The van der Waals surface area contributed by atoms with Gasteiger partial charge in [0.15, 0.2) is 0 Å². The fourth-order valence-electron chi connectivity index (χ4n) is 1.84. The van der Waals surface area contributed by atoms with Gasteiger partial charge in [-0.25, -0.2) is 10.3 Å². The second-order valence-corrected chi connectivity index (χ2v) is 4.59. The lowest BCUT2D eigenvalue weighted by molar-refractivity contribution is -0.367. The number of carbonyl (C=O) groups excluding carboxylic acids is 1. The van der Waals surface area contributed by atoms with Crippen LogP contribution < -0.4 is 16.0 Å². The van der Waals surface area contributed by atoms with Gasteiger partial charge in [0.1, 0.15) is 5.52 Å². The third kappa shape index (κ3) is 3.09. The number of aromatic nitrogens is 2. The molecule has 20 heavy (non-hydrogen) atoms. The summed E-state index contributed by atoms with van der Waals surface area (Å²) in [6.45, 7) is 5.69. The number of aryl methyl sites for hydroxylation is 2. The number of rotatable bonds is 2. The first kappa shape index (κ1) is 13.9. The van der Waals surface area contributed by atoms with Crippen molar-refractivity contribution < 1.29 is 9.79 Å². The van der Waals surface area contributed by atoms with Gasteiger partial charge < -0.3 is 5.73 Å². The van der Waals surface area contributed by atoms with Crippen LogP contribution in [-0.2, 0) is 4.79 Å². The van der Waals surface area contributed by atoms with Gasteiger partial charge in [0.25, 0.3) is 11.9 Å². The Balaban J connectivity index is 2.39. The van der Waals surface area contributed by atoms with E-state index < -0.39 is 0 Å². The number of benzene rings is 1. The molecule has 1 aromatic carbocycles. The van der Waals surface area contributed by atoms with Crippen molar-refractivity contribution in [2.75, 3.05) is 0 Å². The van der Waals surface area contributed by atoms with Crippen molar-refractivity contribution in [1.29, 1.82) is 0 Å². The van der Waals surface area contributed by atoms with E-state index in [-0.39, 0.29) is 11.9 Å². The molecule has 0 aliphatic carbocycles. The largest absolute Gasteiger partial charge is 0.354 e. The van der Waals surface area contributed by atoms with Crippen molar-refractivity contribution in [1.82, 2.24) is 15.3 Å². The maximum Gasteiger partial charge on any atom is 0.354 e. The number of nitrogens with two attached hydrogens (primary N) is 1. The van der Waals surface area contributed by atoms with Crippen molar-refractivity contribution in [3.05, 3.63) is 29.5 Å². The normalized spacial score (nSPS) is 11.7. The molecule has 0 radical (unpaired) electrons. The summed E-state index contributed by atoms with van der Waals surface area (Å²) in [6, 6.07) is 5.97. The van der Waals surface area contributed by atoms with E-state index >= 15 is 0 Å². The first-order valence-electron chi connectivity index (χ1n) is 6.44. The van der Waals surface area contributed by atoms with Crippen LogP contribution in [0, 0.1) is 13.8 Å². The van der Waals surface area contributed by atoms with Gasteiger partial charge in [0, 0.05) is 11.8 Å². The molecular weight excluding hydrogens is 254 g/mol. The highest BCUT2D eigenvalue weighted by molar-refractivity contribution is 5.93. The molecule has 104 valence electrons. The Morgan fingerprint density at radius 1 is 1.35 bits per heavy atom. The standard InChI is InChI=1S/C14H17N5O/c1-4-12(20)18-13(15)19-14-16-9(3)10-7-8(2)5-6-11(10)17-14/h5-7H,4H2,1-3H3,(H3,15,16,17,18,19,20)/p+1. The number of amides is 1.